The molecule has 0 spiro atoms. The van der Waals surface area contributed by atoms with E-state index in [1.807, 2.05) is 0 Å². The highest BCUT2D eigenvalue weighted by Gasteiger charge is 2.48. The SMILES string of the molecule is O=c1cc(C(F)(F)F)c2ccc(OS(=O)(=O)C(F)(F)F)cc2o1. The van der Waals surface area contributed by atoms with Crippen LogP contribution in [0.4, 0.5) is 26.3 Å². The molecule has 0 aliphatic rings. The molecule has 0 amide bonds. The fourth-order valence-electron chi connectivity index (χ4n) is 1.60. The number of rotatable bonds is 2. The first kappa shape index (κ1) is 17.1. The maximum Gasteiger partial charge on any atom is 0.534 e. The fourth-order valence-corrected chi connectivity index (χ4v) is 2.05. The van der Waals surface area contributed by atoms with E-state index in [1.54, 1.807) is 0 Å². The van der Waals surface area contributed by atoms with Crippen LogP contribution in [0.25, 0.3) is 11.0 Å². The largest absolute Gasteiger partial charge is 0.534 e. The molecular weight excluding hydrogens is 358 g/mol. The normalized spacial score (nSPS) is 13.3. The maximum atomic E-state index is 12.8. The molecule has 5 nitrogen and oxygen atoms in total. The number of alkyl halides is 6. The highest BCUT2D eigenvalue weighted by Crippen LogP contribution is 2.35. The second-order valence-electron chi connectivity index (χ2n) is 4.12. The third kappa shape index (κ3) is 3.41. The Kier molecular flexibility index (Phi) is 3.83. The highest BCUT2D eigenvalue weighted by atomic mass is 32.2. The number of hydrogen-bond donors (Lipinski definition) is 0. The second-order valence-corrected chi connectivity index (χ2v) is 5.66. The van der Waals surface area contributed by atoms with Crippen molar-refractivity contribution in [3.8, 4) is 5.75 Å². The third-order valence-electron chi connectivity index (χ3n) is 2.51. The third-order valence-corrected chi connectivity index (χ3v) is 3.49. The molecule has 1 aromatic heterocycles. The van der Waals surface area contributed by atoms with Crippen LogP contribution in [0.3, 0.4) is 0 Å². The molecule has 0 saturated carbocycles. The van der Waals surface area contributed by atoms with Crippen LogP contribution < -0.4 is 9.81 Å². The summed E-state index contributed by atoms with van der Waals surface area (Å²) in [6.07, 6.45) is -4.92. The number of benzene rings is 1. The maximum absolute atomic E-state index is 12.8. The van der Waals surface area contributed by atoms with Crippen molar-refractivity contribution in [1.29, 1.82) is 0 Å². The van der Waals surface area contributed by atoms with Crippen LogP contribution >= 0.6 is 0 Å². The summed E-state index contributed by atoms with van der Waals surface area (Å²) < 4.78 is 105. The molecule has 2 rings (SSSR count). The molecule has 0 atom stereocenters. The van der Waals surface area contributed by atoms with Gasteiger partial charge in [-0.25, -0.2) is 4.79 Å². The molecule has 0 bridgehead atoms. The Bertz CT molecular complexity index is 909. The highest BCUT2D eigenvalue weighted by molar-refractivity contribution is 7.88. The van der Waals surface area contributed by atoms with Crippen LogP contribution in [-0.4, -0.2) is 13.9 Å². The lowest BCUT2D eigenvalue weighted by Crippen LogP contribution is -2.28. The Balaban J connectivity index is 2.59. The van der Waals surface area contributed by atoms with Crippen LogP contribution in [0.1, 0.15) is 5.56 Å². The Morgan fingerprint density at radius 3 is 2.13 bits per heavy atom. The van der Waals surface area contributed by atoms with E-state index in [0.717, 1.165) is 0 Å². The van der Waals surface area contributed by atoms with Crippen LogP contribution in [0.2, 0.25) is 0 Å². The second kappa shape index (κ2) is 5.15. The van der Waals surface area contributed by atoms with Crippen LogP contribution in [0, 0.1) is 0 Å². The Morgan fingerprint density at radius 1 is 1.00 bits per heavy atom. The van der Waals surface area contributed by atoms with Crippen molar-refractivity contribution in [2.75, 3.05) is 0 Å². The minimum Gasteiger partial charge on any atom is -0.423 e. The van der Waals surface area contributed by atoms with Gasteiger partial charge in [0, 0.05) is 17.5 Å². The van der Waals surface area contributed by atoms with Gasteiger partial charge in [-0.1, -0.05) is 0 Å². The average molecular weight is 362 g/mol. The van der Waals surface area contributed by atoms with Crippen LogP contribution in [0.5, 0.6) is 5.75 Å². The molecule has 0 unspecified atom stereocenters. The first-order valence-corrected chi connectivity index (χ1v) is 6.88. The Hall–Kier alpha value is -2.24. The van der Waals surface area contributed by atoms with Crippen molar-refractivity contribution in [2.45, 2.75) is 11.7 Å². The van der Waals surface area contributed by atoms with Gasteiger partial charge in [-0.05, 0) is 12.1 Å². The zero-order valence-corrected chi connectivity index (χ0v) is 11.3. The quantitative estimate of drug-likeness (QED) is 0.355. The number of halogens is 6. The topological polar surface area (TPSA) is 73.6 Å². The van der Waals surface area contributed by atoms with Gasteiger partial charge in [-0.15, -0.1) is 0 Å². The molecule has 0 saturated heterocycles. The van der Waals surface area contributed by atoms with E-state index in [1.165, 1.54) is 0 Å². The first-order valence-electron chi connectivity index (χ1n) is 5.47. The molecule has 0 N–H and O–H groups in total. The van der Waals surface area contributed by atoms with Crippen LogP contribution in [-0.2, 0) is 16.3 Å². The lowest BCUT2D eigenvalue weighted by molar-refractivity contribution is -0.136. The van der Waals surface area contributed by atoms with E-state index >= 15 is 0 Å². The molecule has 126 valence electrons. The summed E-state index contributed by atoms with van der Waals surface area (Å²) in [6, 6.07) is 1.80. The zero-order valence-electron chi connectivity index (χ0n) is 10.5. The summed E-state index contributed by atoms with van der Waals surface area (Å²) in [5.41, 5.74) is -9.30. The predicted molar refractivity (Wildman–Crippen MR) is 63.1 cm³/mol. The molecule has 0 radical (unpaired) electrons. The summed E-state index contributed by atoms with van der Waals surface area (Å²) in [6.45, 7) is 0. The lowest BCUT2D eigenvalue weighted by Gasteiger charge is -2.11. The minimum absolute atomic E-state index is 0.162. The number of fused-ring (bicyclic) bond motifs is 1. The van der Waals surface area contributed by atoms with Gasteiger partial charge in [0.05, 0.1) is 5.56 Å². The number of hydrogen-bond acceptors (Lipinski definition) is 5. The standard InChI is InChI=1S/C11H4F6O5S/c12-10(13,14)7-4-9(18)21-8-3-5(1-2-6(7)8)22-23(19,20)11(15,16)17/h1-4H. The summed E-state index contributed by atoms with van der Waals surface area (Å²) in [7, 11) is -6.01. The predicted octanol–water partition coefficient (Wildman–Crippen LogP) is 3.04. The van der Waals surface area contributed by atoms with Gasteiger partial charge in [0.15, 0.2) is 0 Å². The molecular formula is C11H4F6O5S. The lowest BCUT2D eigenvalue weighted by atomic mass is 10.1. The van der Waals surface area contributed by atoms with E-state index in [4.69, 9.17) is 0 Å². The van der Waals surface area contributed by atoms with E-state index in [2.05, 4.69) is 8.60 Å². The molecule has 1 heterocycles. The molecule has 0 fully saturated rings. The van der Waals surface area contributed by atoms with E-state index in [9.17, 15) is 39.6 Å². The van der Waals surface area contributed by atoms with Gasteiger partial charge in [-0.3, -0.25) is 0 Å². The van der Waals surface area contributed by atoms with Gasteiger partial charge in [-0.2, -0.15) is 34.8 Å². The fraction of sp³-hybridized carbons (Fsp3) is 0.182. The van der Waals surface area contributed by atoms with Crippen LogP contribution in [0.15, 0.2) is 33.5 Å². The van der Waals surface area contributed by atoms with E-state index < -0.39 is 49.7 Å². The van der Waals surface area contributed by atoms with Crippen molar-refractivity contribution >= 4 is 21.1 Å². The van der Waals surface area contributed by atoms with Gasteiger partial charge < -0.3 is 8.60 Å². The Labute approximate surface area is 123 Å². The summed E-state index contributed by atoms with van der Waals surface area (Å²) >= 11 is 0. The van der Waals surface area contributed by atoms with Gasteiger partial charge in [0.1, 0.15) is 11.3 Å². The smallest absolute Gasteiger partial charge is 0.423 e. The van der Waals surface area contributed by atoms with Crippen molar-refractivity contribution < 1.29 is 43.4 Å². The molecule has 0 aliphatic heterocycles. The van der Waals surface area contributed by atoms with E-state index in [-0.39, 0.29) is 6.07 Å². The Morgan fingerprint density at radius 2 is 1.61 bits per heavy atom. The molecule has 0 aliphatic carbocycles. The molecule has 2 aromatic rings. The summed E-state index contributed by atoms with van der Waals surface area (Å²) in [5, 5.41) is -0.645. The summed E-state index contributed by atoms with van der Waals surface area (Å²) in [4.78, 5) is 11.1. The van der Waals surface area contributed by atoms with Crippen molar-refractivity contribution in [1.82, 2.24) is 0 Å². The zero-order chi connectivity index (χ0) is 17.6. The minimum atomic E-state index is -6.01. The molecule has 12 heteroatoms. The van der Waals surface area contributed by atoms with E-state index in [0.29, 0.717) is 18.2 Å². The van der Waals surface area contributed by atoms with Crippen molar-refractivity contribution in [2.24, 2.45) is 0 Å². The summed E-state index contributed by atoms with van der Waals surface area (Å²) in [5.74, 6) is -0.961. The molecule has 23 heavy (non-hydrogen) atoms. The van der Waals surface area contributed by atoms with Crippen molar-refractivity contribution in [3.63, 3.8) is 0 Å². The van der Waals surface area contributed by atoms with Gasteiger partial charge >= 0.3 is 27.4 Å². The van der Waals surface area contributed by atoms with Gasteiger partial charge in [0.25, 0.3) is 0 Å². The monoisotopic (exact) mass is 362 g/mol. The van der Waals surface area contributed by atoms with Crippen molar-refractivity contribution in [3.05, 3.63) is 40.2 Å². The average Bonchev–Trinajstić information content (AvgIpc) is 2.34. The first-order chi connectivity index (χ1) is 10.3. The van der Waals surface area contributed by atoms with Gasteiger partial charge in [0.2, 0.25) is 0 Å². The molecule has 1 aromatic carbocycles.